The molecule has 1 amide bonds. The number of benzene rings is 1. The minimum Gasteiger partial charge on any atom is -0.479 e. The molecule has 0 bridgehead atoms. The molecular weight excluding hydrogens is 354 g/mol. The average molecular weight is 386 g/mol. The fourth-order valence-electron chi connectivity index (χ4n) is 3.56. The van der Waals surface area contributed by atoms with E-state index >= 15 is 0 Å². The van der Waals surface area contributed by atoms with Crippen LogP contribution in [0, 0.1) is 33.6 Å². The summed E-state index contributed by atoms with van der Waals surface area (Å²) >= 11 is 0. The number of carbonyl (C=O) groups excluding carboxylic acids is 1. The molecule has 6 heteroatoms. The first-order chi connectivity index (χ1) is 13.1. The first kappa shape index (κ1) is 21.7. The van der Waals surface area contributed by atoms with E-state index in [0.717, 1.165) is 34.6 Å². The van der Waals surface area contributed by atoms with E-state index in [-0.39, 0.29) is 12.3 Å². The number of nitrogens with zero attached hydrogens (tertiary/aromatic N) is 2. The largest absolute Gasteiger partial charge is 0.479 e. The second-order valence-electron chi connectivity index (χ2n) is 7.99. The minimum absolute atomic E-state index is 0.226. The second-order valence-corrected chi connectivity index (χ2v) is 7.99. The van der Waals surface area contributed by atoms with Crippen molar-refractivity contribution < 1.29 is 14.7 Å². The highest BCUT2D eigenvalue weighted by Gasteiger charge is 2.23. The molecule has 2 aromatic rings. The van der Waals surface area contributed by atoms with Gasteiger partial charge in [-0.3, -0.25) is 9.48 Å². The van der Waals surface area contributed by atoms with E-state index in [1.165, 1.54) is 0 Å². The molecule has 0 saturated carbocycles. The summed E-state index contributed by atoms with van der Waals surface area (Å²) in [6.07, 6.45) is 0.768. The topological polar surface area (TPSA) is 84.2 Å². The van der Waals surface area contributed by atoms with Gasteiger partial charge in [-0.25, -0.2) is 4.79 Å². The Hall–Kier alpha value is -2.63. The van der Waals surface area contributed by atoms with Gasteiger partial charge in [0.05, 0.1) is 5.69 Å². The van der Waals surface area contributed by atoms with Gasteiger partial charge in [0.25, 0.3) is 0 Å². The highest BCUT2D eigenvalue weighted by atomic mass is 16.4. The number of carbonyl (C=O) groups is 2. The van der Waals surface area contributed by atoms with Crippen molar-refractivity contribution in [3.05, 3.63) is 51.8 Å². The predicted octanol–water partition coefficient (Wildman–Crippen LogP) is 3.65. The van der Waals surface area contributed by atoms with E-state index in [1.807, 2.05) is 38.4 Å². The van der Waals surface area contributed by atoms with Crippen LogP contribution in [-0.4, -0.2) is 26.8 Å². The van der Waals surface area contributed by atoms with Crippen LogP contribution in [0.4, 0.5) is 0 Å². The highest BCUT2D eigenvalue weighted by Crippen LogP contribution is 2.19. The lowest BCUT2D eigenvalue weighted by Gasteiger charge is -2.16. The Bertz CT molecular complexity index is 848. The van der Waals surface area contributed by atoms with Crippen molar-refractivity contribution in [1.29, 1.82) is 0 Å². The van der Waals surface area contributed by atoms with Crippen LogP contribution in [0.3, 0.4) is 0 Å². The molecule has 1 heterocycles. The molecule has 2 rings (SSSR count). The van der Waals surface area contributed by atoms with Crippen molar-refractivity contribution in [2.75, 3.05) is 0 Å². The monoisotopic (exact) mass is 385 g/mol. The molecule has 0 fully saturated rings. The van der Waals surface area contributed by atoms with Crippen molar-refractivity contribution in [3.8, 4) is 0 Å². The van der Waals surface area contributed by atoms with Crippen molar-refractivity contribution in [3.63, 3.8) is 0 Å². The predicted molar refractivity (Wildman–Crippen MR) is 109 cm³/mol. The number of hydrogen-bond acceptors (Lipinski definition) is 3. The number of aliphatic carboxylic acids is 1. The molecule has 0 radical (unpaired) electrons. The van der Waals surface area contributed by atoms with Gasteiger partial charge in [-0.15, -0.1) is 0 Å². The molecule has 1 aromatic carbocycles. The van der Waals surface area contributed by atoms with Gasteiger partial charge in [-0.05, 0) is 51.2 Å². The minimum atomic E-state index is -1.06. The van der Waals surface area contributed by atoms with Gasteiger partial charge in [0, 0.05) is 18.7 Å². The van der Waals surface area contributed by atoms with Gasteiger partial charge in [0.15, 0.2) is 6.04 Å². The molecule has 1 aromatic heterocycles. The van der Waals surface area contributed by atoms with Gasteiger partial charge >= 0.3 is 5.97 Å². The van der Waals surface area contributed by atoms with Crippen LogP contribution in [0.2, 0.25) is 0 Å². The Kier molecular flexibility index (Phi) is 7.00. The summed E-state index contributed by atoms with van der Waals surface area (Å²) in [7, 11) is 0. The number of carboxylic acid groups (broad SMARTS) is 1. The Morgan fingerprint density at radius 3 is 2.25 bits per heavy atom. The molecule has 1 atom stereocenters. The third-order valence-electron chi connectivity index (χ3n) is 4.80. The quantitative estimate of drug-likeness (QED) is 0.726. The molecule has 0 spiro atoms. The molecule has 0 aliphatic heterocycles. The number of aromatic nitrogens is 2. The van der Waals surface area contributed by atoms with Crippen molar-refractivity contribution >= 4 is 11.9 Å². The van der Waals surface area contributed by atoms with E-state index < -0.39 is 12.0 Å². The molecule has 2 N–H and O–H groups in total. The van der Waals surface area contributed by atoms with Crippen LogP contribution in [0.1, 0.15) is 60.0 Å². The molecule has 0 aliphatic rings. The van der Waals surface area contributed by atoms with Crippen molar-refractivity contribution in [2.45, 2.75) is 67.0 Å². The van der Waals surface area contributed by atoms with Crippen molar-refractivity contribution in [1.82, 2.24) is 15.1 Å². The second kappa shape index (κ2) is 9.04. The Morgan fingerprint density at radius 2 is 1.71 bits per heavy atom. The van der Waals surface area contributed by atoms with E-state index in [9.17, 15) is 14.7 Å². The molecule has 1 unspecified atom stereocenters. The fraction of sp³-hybridized carbons (Fsp3) is 0.500. The summed E-state index contributed by atoms with van der Waals surface area (Å²) < 4.78 is 1.99. The van der Waals surface area contributed by atoms with Gasteiger partial charge in [0.2, 0.25) is 5.91 Å². The first-order valence-corrected chi connectivity index (χ1v) is 9.71. The zero-order valence-corrected chi connectivity index (χ0v) is 17.7. The number of rotatable bonds is 8. The van der Waals surface area contributed by atoms with E-state index in [2.05, 4.69) is 24.3 Å². The third-order valence-corrected chi connectivity index (χ3v) is 4.80. The molecule has 28 heavy (non-hydrogen) atoms. The van der Waals surface area contributed by atoms with Crippen LogP contribution in [0.25, 0.3) is 0 Å². The SMILES string of the molecule is Cc1cc(C)cc(C(NC(=O)CCc2c(C)nn(CC(C)C)c2C)C(=O)O)c1. The maximum atomic E-state index is 12.5. The van der Waals surface area contributed by atoms with E-state index in [4.69, 9.17) is 0 Å². The lowest BCUT2D eigenvalue weighted by Crippen LogP contribution is -2.34. The molecular formula is C22H31N3O3. The number of aryl methyl sites for hydroxylation is 3. The normalized spacial score (nSPS) is 12.2. The smallest absolute Gasteiger partial charge is 0.330 e. The number of nitrogens with one attached hydrogen (secondary N) is 1. The summed E-state index contributed by atoms with van der Waals surface area (Å²) in [6.45, 7) is 12.9. The lowest BCUT2D eigenvalue weighted by atomic mass is 10.0. The van der Waals surface area contributed by atoms with E-state index in [1.54, 1.807) is 12.1 Å². The number of carboxylic acids is 1. The maximum absolute atomic E-state index is 12.5. The molecule has 152 valence electrons. The summed E-state index contributed by atoms with van der Waals surface area (Å²) in [4.78, 5) is 24.2. The summed E-state index contributed by atoms with van der Waals surface area (Å²) in [5.41, 5.74) is 5.60. The van der Waals surface area contributed by atoms with Crippen LogP contribution in [-0.2, 0) is 22.6 Å². The lowest BCUT2D eigenvalue weighted by molar-refractivity contribution is -0.142. The average Bonchev–Trinajstić information content (AvgIpc) is 2.82. The summed E-state index contributed by atoms with van der Waals surface area (Å²) in [6, 6.07) is 4.54. The van der Waals surface area contributed by atoms with Gasteiger partial charge in [-0.1, -0.05) is 43.2 Å². The molecule has 0 saturated heterocycles. The van der Waals surface area contributed by atoms with Gasteiger partial charge in [-0.2, -0.15) is 5.10 Å². The van der Waals surface area contributed by atoms with Crippen LogP contribution >= 0.6 is 0 Å². The summed E-state index contributed by atoms with van der Waals surface area (Å²) in [5.74, 6) is -0.847. The van der Waals surface area contributed by atoms with Crippen LogP contribution in [0.5, 0.6) is 0 Å². The Labute approximate surface area is 167 Å². The number of amides is 1. The zero-order chi connectivity index (χ0) is 21.0. The third kappa shape index (κ3) is 5.44. The molecule has 0 aliphatic carbocycles. The maximum Gasteiger partial charge on any atom is 0.330 e. The van der Waals surface area contributed by atoms with Crippen LogP contribution in [0.15, 0.2) is 18.2 Å². The zero-order valence-electron chi connectivity index (χ0n) is 17.7. The van der Waals surface area contributed by atoms with Gasteiger partial charge in [0.1, 0.15) is 0 Å². The Balaban J connectivity index is 2.08. The first-order valence-electron chi connectivity index (χ1n) is 9.71. The Morgan fingerprint density at radius 1 is 1.11 bits per heavy atom. The highest BCUT2D eigenvalue weighted by molar-refractivity contribution is 5.84. The standard InChI is InChI=1S/C22H31N3O3/c1-13(2)12-25-17(6)19(16(5)24-25)7-8-20(26)23-21(22(27)28)18-10-14(3)9-15(4)11-18/h9-11,13,21H,7-8,12H2,1-6H3,(H,23,26)(H,27,28). The number of hydrogen-bond donors (Lipinski definition) is 2. The van der Waals surface area contributed by atoms with Crippen LogP contribution < -0.4 is 5.32 Å². The fourth-order valence-corrected chi connectivity index (χ4v) is 3.56. The van der Waals surface area contributed by atoms with Crippen molar-refractivity contribution in [2.24, 2.45) is 5.92 Å². The summed E-state index contributed by atoms with van der Waals surface area (Å²) in [5, 5.41) is 16.8. The molecule has 6 nitrogen and oxygen atoms in total. The van der Waals surface area contributed by atoms with Gasteiger partial charge < -0.3 is 10.4 Å². The van der Waals surface area contributed by atoms with E-state index in [0.29, 0.717) is 17.9 Å².